The van der Waals surface area contributed by atoms with Gasteiger partial charge in [0.25, 0.3) is 11.6 Å². The first-order valence-electron chi connectivity index (χ1n) is 7.13. The van der Waals surface area contributed by atoms with Gasteiger partial charge in [0.15, 0.2) is 6.61 Å². The van der Waals surface area contributed by atoms with Gasteiger partial charge in [0.05, 0.1) is 20.9 Å². The van der Waals surface area contributed by atoms with Gasteiger partial charge in [0.1, 0.15) is 5.75 Å². The highest BCUT2D eigenvalue weighted by Crippen LogP contribution is 2.21. The molecule has 0 aliphatic carbocycles. The van der Waals surface area contributed by atoms with Crippen LogP contribution in [0, 0.1) is 24.0 Å². The number of hydrogen-bond acceptors (Lipinski definition) is 6. The molecule has 0 aliphatic heterocycles. The Labute approximate surface area is 143 Å². The van der Waals surface area contributed by atoms with E-state index < -0.39 is 10.8 Å². The van der Waals surface area contributed by atoms with Gasteiger partial charge in [-0.2, -0.15) is 5.10 Å². The van der Waals surface area contributed by atoms with Gasteiger partial charge in [0, 0.05) is 6.07 Å². The molecule has 0 spiro atoms. The number of hydrogen-bond donors (Lipinski definition) is 1. The summed E-state index contributed by atoms with van der Waals surface area (Å²) in [5.74, 6) is 0.210. The van der Waals surface area contributed by atoms with E-state index in [-0.39, 0.29) is 12.3 Å². The Bertz CT molecular complexity index is 798. The first-order chi connectivity index (χ1) is 11.4. The van der Waals surface area contributed by atoms with Crippen molar-refractivity contribution in [3.05, 3.63) is 55.8 Å². The second-order valence-electron chi connectivity index (χ2n) is 5.19. The van der Waals surface area contributed by atoms with E-state index in [1.165, 1.54) is 22.8 Å². The Morgan fingerprint density at radius 1 is 1.33 bits per heavy atom. The monoisotopic (exact) mass is 347 g/mol. The second kappa shape index (κ2) is 7.69. The topological polar surface area (TPSA) is 93.8 Å². The molecular formula is C16H17N3O4S. The summed E-state index contributed by atoms with van der Waals surface area (Å²) in [5, 5.41) is 16.0. The molecule has 7 nitrogen and oxygen atoms in total. The molecule has 24 heavy (non-hydrogen) atoms. The van der Waals surface area contributed by atoms with Gasteiger partial charge in [-0.25, -0.2) is 5.43 Å². The molecule has 0 saturated heterocycles. The number of hydrazone groups is 1. The smallest absolute Gasteiger partial charge is 0.280 e. The third kappa shape index (κ3) is 4.63. The Morgan fingerprint density at radius 3 is 2.71 bits per heavy atom. The van der Waals surface area contributed by atoms with Gasteiger partial charge in [-0.1, -0.05) is 6.07 Å². The van der Waals surface area contributed by atoms with E-state index in [2.05, 4.69) is 10.5 Å². The van der Waals surface area contributed by atoms with Crippen molar-refractivity contribution in [1.29, 1.82) is 0 Å². The first kappa shape index (κ1) is 17.6. The summed E-state index contributed by atoms with van der Waals surface area (Å²) in [5.41, 5.74) is 5.11. The summed E-state index contributed by atoms with van der Waals surface area (Å²) in [6, 6.07) is 7.01. The van der Waals surface area contributed by atoms with Crippen LogP contribution in [0.3, 0.4) is 0 Å². The zero-order valence-electron chi connectivity index (χ0n) is 13.5. The van der Waals surface area contributed by atoms with Gasteiger partial charge < -0.3 is 4.74 Å². The average molecular weight is 347 g/mol. The van der Waals surface area contributed by atoms with Crippen molar-refractivity contribution in [2.75, 3.05) is 6.61 Å². The summed E-state index contributed by atoms with van der Waals surface area (Å²) in [4.78, 5) is 22.6. The molecule has 126 valence electrons. The van der Waals surface area contributed by atoms with E-state index in [4.69, 9.17) is 4.74 Å². The summed E-state index contributed by atoms with van der Waals surface area (Å²) in [6.07, 6.45) is 0. The lowest BCUT2D eigenvalue weighted by atomic mass is 10.1. The third-order valence-electron chi connectivity index (χ3n) is 3.35. The van der Waals surface area contributed by atoms with Crippen LogP contribution in [0.2, 0.25) is 0 Å². The molecule has 0 bridgehead atoms. The maximum absolute atomic E-state index is 11.8. The van der Waals surface area contributed by atoms with Crippen LogP contribution in [-0.4, -0.2) is 23.1 Å². The second-order valence-corrected chi connectivity index (χ2v) is 6.10. The van der Waals surface area contributed by atoms with E-state index in [1.807, 2.05) is 26.0 Å². The SMILES string of the molecule is C/C(=N/NC(=O)COc1ccc(C)c(C)c1)c1cc([N+](=O)[O-])cs1. The van der Waals surface area contributed by atoms with Crippen LogP contribution in [0.25, 0.3) is 0 Å². The summed E-state index contributed by atoms with van der Waals surface area (Å²) in [6.45, 7) is 5.47. The molecule has 1 amide bonds. The zero-order valence-corrected chi connectivity index (χ0v) is 14.3. The van der Waals surface area contributed by atoms with Gasteiger partial charge in [-0.05, 0) is 44.0 Å². The molecule has 0 atom stereocenters. The van der Waals surface area contributed by atoms with Crippen molar-refractivity contribution in [2.24, 2.45) is 5.10 Å². The summed E-state index contributed by atoms with van der Waals surface area (Å²) in [7, 11) is 0. The predicted molar refractivity (Wildman–Crippen MR) is 92.7 cm³/mol. The van der Waals surface area contributed by atoms with E-state index in [9.17, 15) is 14.9 Å². The maximum atomic E-state index is 11.8. The van der Waals surface area contributed by atoms with Crippen molar-refractivity contribution >= 4 is 28.6 Å². The molecule has 0 radical (unpaired) electrons. The molecule has 0 aliphatic rings. The van der Waals surface area contributed by atoms with Crippen molar-refractivity contribution in [2.45, 2.75) is 20.8 Å². The van der Waals surface area contributed by atoms with Gasteiger partial charge in [0.2, 0.25) is 0 Å². The van der Waals surface area contributed by atoms with Crippen LogP contribution < -0.4 is 10.2 Å². The zero-order chi connectivity index (χ0) is 17.7. The fourth-order valence-corrected chi connectivity index (χ4v) is 2.60. The van der Waals surface area contributed by atoms with Crippen LogP contribution in [0.4, 0.5) is 5.69 Å². The average Bonchev–Trinajstić information content (AvgIpc) is 3.04. The van der Waals surface area contributed by atoms with Crippen molar-refractivity contribution in [1.82, 2.24) is 5.43 Å². The molecule has 1 aromatic heterocycles. The minimum atomic E-state index is -0.469. The van der Waals surface area contributed by atoms with Crippen molar-refractivity contribution in [3.8, 4) is 5.75 Å². The van der Waals surface area contributed by atoms with E-state index in [0.717, 1.165) is 11.1 Å². The fourth-order valence-electron chi connectivity index (χ4n) is 1.80. The number of benzene rings is 1. The number of nitrogens with zero attached hydrogens (tertiary/aromatic N) is 2. The molecule has 1 heterocycles. The highest BCUT2D eigenvalue weighted by atomic mass is 32.1. The fraction of sp³-hybridized carbons (Fsp3) is 0.250. The van der Waals surface area contributed by atoms with E-state index in [1.54, 1.807) is 13.0 Å². The molecule has 1 N–H and O–H groups in total. The number of amides is 1. The van der Waals surface area contributed by atoms with E-state index in [0.29, 0.717) is 16.3 Å². The highest BCUT2D eigenvalue weighted by molar-refractivity contribution is 7.12. The Morgan fingerprint density at radius 2 is 2.08 bits per heavy atom. The Balaban J connectivity index is 1.89. The predicted octanol–water partition coefficient (Wildman–Crippen LogP) is 3.19. The molecule has 0 fully saturated rings. The molecule has 8 heteroatoms. The van der Waals surface area contributed by atoms with Crippen LogP contribution in [0.5, 0.6) is 5.75 Å². The number of carbonyl (C=O) groups is 1. The number of thiophene rings is 1. The van der Waals surface area contributed by atoms with E-state index >= 15 is 0 Å². The van der Waals surface area contributed by atoms with Crippen molar-refractivity contribution < 1.29 is 14.5 Å². The standard InChI is InChI=1S/C16H17N3O4S/c1-10-4-5-14(6-11(10)2)23-8-16(20)18-17-12(3)15-7-13(9-24-15)19(21)22/h4-7,9H,8H2,1-3H3,(H,18,20)/b17-12-. The maximum Gasteiger partial charge on any atom is 0.280 e. The molecule has 0 saturated carbocycles. The number of aryl methyl sites for hydroxylation is 2. The number of nitrogens with one attached hydrogen (secondary N) is 1. The number of rotatable bonds is 6. The van der Waals surface area contributed by atoms with Crippen LogP contribution in [0.15, 0.2) is 34.7 Å². The van der Waals surface area contributed by atoms with Gasteiger partial charge in [-0.15, -0.1) is 11.3 Å². The van der Waals surface area contributed by atoms with Gasteiger partial charge >= 0.3 is 0 Å². The minimum Gasteiger partial charge on any atom is -0.484 e. The largest absolute Gasteiger partial charge is 0.484 e. The Kier molecular flexibility index (Phi) is 5.64. The quantitative estimate of drug-likeness (QED) is 0.493. The minimum absolute atomic E-state index is 0.00829. The molecule has 1 aromatic carbocycles. The van der Waals surface area contributed by atoms with Gasteiger partial charge in [-0.3, -0.25) is 14.9 Å². The number of carbonyl (C=O) groups excluding carboxylic acids is 1. The lowest BCUT2D eigenvalue weighted by Gasteiger charge is -2.07. The van der Waals surface area contributed by atoms with Crippen LogP contribution in [0.1, 0.15) is 22.9 Å². The van der Waals surface area contributed by atoms with Crippen LogP contribution >= 0.6 is 11.3 Å². The molecular weight excluding hydrogens is 330 g/mol. The highest BCUT2D eigenvalue weighted by Gasteiger charge is 2.11. The molecule has 0 unspecified atom stereocenters. The van der Waals surface area contributed by atoms with Crippen molar-refractivity contribution in [3.63, 3.8) is 0 Å². The summed E-state index contributed by atoms with van der Waals surface area (Å²) < 4.78 is 5.41. The Hall–Kier alpha value is -2.74. The molecule has 2 rings (SSSR count). The third-order valence-corrected chi connectivity index (χ3v) is 4.38. The first-order valence-corrected chi connectivity index (χ1v) is 8.01. The lowest BCUT2D eigenvalue weighted by molar-refractivity contribution is -0.384. The van der Waals surface area contributed by atoms with Crippen LogP contribution in [-0.2, 0) is 4.79 Å². The summed E-state index contributed by atoms with van der Waals surface area (Å²) >= 11 is 1.20. The lowest BCUT2D eigenvalue weighted by Crippen LogP contribution is -2.25. The number of nitro groups is 1. The normalized spacial score (nSPS) is 11.2. The number of ether oxygens (including phenoxy) is 1. The molecule has 2 aromatic rings.